The standard InChI is InChI=1S/C14H18N2O2/c1-17-13-5-4-11(14(15)9-13)10-16-7-6-12-3-2-8-18-12/h2-5,8-9,16H,6-7,10,15H2,1H3. The first kappa shape index (κ1) is 12.5. The van der Waals surface area contributed by atoms with E-state index in [-0.39, 0.29) is 0 Å². The quantitative estimate of drug-likeness (QED) is 0.606. The summed E-state index contributed by atoms with van der Waals surface area (Å²) in [7, 11) is 1.63. The van der Waals surface area contributed by atoms with Gasteiger partial charge in [-0.2, -0.15) is 0 Å². The van der Waals surface area contributed by atoms with E-state index >= 15 is 0 Å². The molecule has 0 saturated carbocycles. The van der Waals surface area contributed by atoms with Gasteiger partial charge < -0.3 is 20.2 Å². The molecule has 2 rings (SSSR count). The van der Waals surface area contributed by atoms with Crippen molar-refractivity contribution in [1.82, 2.24) is 5.32 Å². The van der Waals surface area contributed by atoms with Crippen LogP contribution in [0.25, 0.3) is 0 Å². The van der Waals surface area contributed by atoms with E-state index in [9.17, 15) is 0 Å². The monoisotopic (exact) mass is 246 g/mol. The minimum Gasteiger partial charge on any atom is -0.497 e. The highest BCUT2D eigenvalue weighted by Gasteiger charge is 2.01. The molecule has 0 radical (unpaired) electrons. The van der Waals surface area contributed by atoms with Crippen molar-refractivity contribution in [2.45, 2.75) is 13.0 Å². The Bertz CT molecular complexity index is 481. The molecule has 0 saturated heterocycles. The first-order valence-electron chi connectivity index (χ1n) is 5.95. The number of ether oxygens (including phenoxy) is 1. The normalized spacial score (nSPS) is 10.5. The van der Waals surface area contributed by atoms with Crippen LogP contribution in [0, 0.1) is 0 Å². The van der Waals surface area contributed by atoms with Crippen molar-refractivity contribution in [2.75, 3.05) is 19.4 Å². The predicted molar refractivity (Wildman–Crippen MR) is 71.5 cm³/mol. The topological polar surface area (TPSA) is 60.4 Å². The molecule has 0 atom stereocenters. The van der Waals surface area contributed by atoms with E-state index in [1.165, 1.54) is 0 Å². The highest BCUT2D eigenvalue weighted by atomic mass is 16.5. The largest absolute Gasteiger partial charge is 0.497 e. The van der Waals surface area contributed by atoms with Crippen LogP contribution in [0.2, 0.25) is 0 Å². The fraction of sp³-hybridized carbons (Fsp3) is 0.286. The van der Waals surface area contributed by atoms with Gasteiger partial charge in [0.2, 0.25) is 0 Å². The van der Waals surface area contributed by atoms with Crippen LogP contribution in [0.15, 0.2) is 41.0 Å². The molecule has 0 aliphatic rings. The highest BCUT2D eigenvalue weighted by molar-refractivity contribution is 5.51. The molecule has 0 aliphatic carbocycles. The van der Waals surface area contributed by atoms with Crippen LogP contribution in [0.5, 0.6) is 5.75 Å². The SMILES string of the molecule is COc1ccc(CNCCc2ccco2)c(N)c1. The molecule has 96 valence electrons. The van der Waals surface area contributed by atoms with Gasteiger partial charge in [0.1, 0.15) is 11.5 Å². The number of nitrogens with one attached hydrogen (secondary N) is 1. The van der Waals surface area contributed by atoms with Gasteiger partial charge in [-0.05, 0) is 23.8 Å². The molecule has 4 nitrogen and oxygen atoms in total. The molecule has 3 N–H and O–H groups in total. The van der Waals surface area contributed by atoms with Crippen LogP contribution in [0.4, 0.5) is 5.69 Å². The smallest absolute Gasteiger partial charge is 0.120 e. The van der Waals surface area contributed by atoms with Gasteiger partial charge >= 0.3 is 0 Å². The second-order valence-corrected chi connectivity index (χ2v) is 4.07. The molecule has 1 aromatic carbocycles. The Hall–Kier alpha value is -1.94. The van der Waals surface area contributed by atoms with Gasteiger partial charge in [0.15, 0.2) is 0 Å². The number of hydrogen-bond donors (Lipinski definition) is 2. The summed E-state index contributed by atoms with van der Waals surface area (Å²) < 4.78 is 10.4. The number of furan rings is 1. The lowest BCUT2D eigenvalue weighted by atomic mass is 10.1. The van der Waals surface area contributed by atoms with Crippen LogP contribution >= 0.6 is 0 Å². The predicted octanol–water partition coefficient (Wildman–Crippen LogP) is 2.20. The molecular formula is C14H18N2O2. The molecule has 0 spiro atoms. The number of nitrogen functional groups attached to an aromatic ring is 1. The second-order valence-electron chi connectivity index (χ2n) is 4.07. The third-order valence-electron chi connectivity index (χ3n) is 2.80. The number of methoxy groups -OCH3 is 1. The molecule has 1 aromatic heterocycles. The zero-order valence-electron chi connectivity index (χ0n) is 10.5. The van der Waals surface area contributed by atoms with Crippen molar-refractivity contribution < 1.29 is 9.15 Å². The van der Waals surface area contributed by atoms with Crippen molar-refractivity contribution in [1.29, 1.82) is 0 Å². The first-order chi connectivity index (χ1) is 8.79. The van der Waals surface area contributed by atoms with Crippen LogP contribution < -0.4 is 15.8 Å². The Morgan fingerprint density at radius 3 is 2.89 bits per heavy atom. The molecule has 18 heavy (non-hydrogen) atoms. The molecule has 2 aromatic rings. The van der Waals surface area contributed by atoms with E-state index in [0.717, 1.165) is 42.3 Å². The van der Waals surface area contributed by atoms with Crippen LogP contribution in [-0.4, -0.2) is 13.7 Å². The van der Waals surface area contributed by atoms with Crippen molar-refractivity contribution in [3.63, 3.8) is 0 Å². The Morgan fingerprint density at radius 2 is 2.22 bits per heavy atom. The highest BCUT2D eigenvalue weighted by Crippen LogP contribution is 2.19. The number of benzene rings is 1. The fourth-order valence-electron chi connectivity index (χ4n) is 1.75. The van der Waals surface area contributed by atoms with E-state index in [2.05, 4.69) is 5.32 Å². The maximum Gasteiger partial charge on any atom is 0.120 e. The lowest BCUT2D eigenvalue weighted by Gasteiger charge is -2.08. The lowest BCUT2D eigenvalue weighted by molar-refractivity contribution is 0.415. The molecule has 0 unspecified atom stereocenters. The van der Waals surface area contributed by atoms with Crippen LogP contribution in [-0.2, 0) is 13.0 Å². The van der Waals surface area contributed by atoms with Crippen molar-refractivity contribution >= 4 is 5.69 Å². The number of hydrogen-bond acceptors (Lipinski definition) is 4. The Morgan fingerprint density at radius 1 is 1.33 bits per heavy atom. The van der Waals surface area contributed by atoms with Gasteiger partial charge in [0, 0.05) is 31.3 Å². The third-order valence-corrected chi connectivity index (χ3v) is 2.80. The van der Waals surface area contributed by atoms with Crippen LogP contribution in [0.1, 0.15) is 11.3 Å². The summed E-state index contributed by atoms with van der Waals surface area (Å²) in [6, 6.07) is 9.61. The third kappa shape index (κ3) is 3.28. The summed E-state index contributed by atoms with van der Waals surface area (Å²) in [6.07, 6.45) is 2.57. The van der Waals surface area contributed by atoms with E-state index in [1.54, 1.807) is 13.4 Å². The maximum absolute atomic E-state index is 5.94. The first-order valence-corrected chi connectivity index (χ1v) is 5.95. The molecule has 0 aliphatic heterocycles. The van der Waals surface area contributed by atoms with Crippen molar-refractivity contribution in [3.8, 4) is 5.75 Å². The van der Waals surface area contributed by atoms with Crippen LogP contribution in [0.3, 0.4) is 0 Å². The minimum absolute atomic E-state index is 0.747. The number of rotatable bonds is 6. The number of nitrogens with two attached hydrogens (primary N) is 1. The van der Waals surface area contributed by atoms with Gasteiger partial charge in [-0.15, -0.1) is 0 Å². The summed E-state index contributed by atoms with van der Waals surface area (Å²) in [4.78, 5) is 0. The average molecular weight is 246 g/mol. The molecule has 4 heteroatoms. The van der Waals surface area contributed by atoms with E-state index in [1.807, 2.05) is 30.3 Å². The summed E-state index contributed by atoms with van der Waals surface area (Å²) in [6.45, 7) is 1.61. The average Bonchev–Trinajstić information content (AvgIpc) is 2.89. The lowest BCUT2D eigenvalue weighted by Crippen LogP contribution is -2.17. The second kappa shape index (κ2) is 6.12. The summed E-state index contributed by atoms with van der Waals surface area (Å²) >= 11 is 0. The summed E-state index contributed by atoms with van der Waals surface area (Å²) in [5.41, 5.74) is 7.76. The fourth-order valence-corrected chi connectivity index (χ4v) is 1.75. The van der Waals surface area contributed by atoms with Gasteiger partial charge in [-0.3, -0.25) is 0 Å². The van der Waals surface area contributed by atoms with Gasteiger partial charge in [0.25, 0.3) is 0 Å². The molecule has 0 amide bonds. The summed E-state index contributed by atoms with van der Waals surface area (Å²) in [5.74, 6) is 1.78. The van der Waals surface area contributed by atoms with E-state index in [4.69, 9.17) is 14.9 Å². The maximum atomic E-state index is 5.94. The van der Waals surface area contributed by atoms with Gasteiger partial charge in [-0.1, -0.05) is 6.07 Å². The molecule has 1 heterocycles. The van der Waals surface area contributed by atoms with E-state index in [0.29, 0.717) is 0 Å². The number of anilines is 1. The molecular weight excluding hydrogens is 228 g/mol. The Kier molecular flexibility index (Phi) is 4.25. The van der Waals surface area contributed by atoms with Gasteiger partial charge in [0.05, 0.1) is 13.4 Å². The Balaban J connectivity index is 1.79. The van der Waals surface area contributed by atoms with Crippen molar-refractivity contribution in [3.05, 3.63) is 47.9 Å². The minimum atomic E-state index is 0.747. The zero-order valence-corrected chi connectivity index (χ0v) is 10.5. The summed E-state index contributed by atoms with van der Waals surface area (Å²) in [5, 5.41) is 3.34. The zero-order chi connectivity index (χ0) is 12.8. The van der Waals surface area contributed by atoms with Crippen molar-refractivity contribution in [2.24, 2.45) is 0 Å². The van der Waals surface area contributed by atoms with E-state index < -0.39 is 0 Å². The molecule has 0 fully saturated rings. The molecule has 0 bridgehead atoms. The van der Waals surface area contributed by atoms with Gasteiger partial charge in [-0.25, -0.2) is 0 Å². The Labute approximate surface area is 107 Å².